The number of methoxy groups -OCH3 is 1. The molecule has 0 atom stereocenters. The van der Waals surface area contributed by atoms with E-state index < -0.39 is 5.60 Å². The topological polar surface area (TPSA) is 49.7 Å². The second-order valence-electron chi connectivity index (χ2n) is 3.54. The fourth-order valence-electron chi connectivity index (χ4n) is 1.47. The minimum Gasteiger partial charge on any atom is -0.504 e. The predicted molar refractivity (Wildman–Crippen MR) is 52.8 cm³/mol. The summed E-state index contributed by atoms with van der Waals surface area (Å²) in [6.45, 7) is 0. The Bertz CT molecular complexity index is 372. The molecule has 1 aromatic rings. The number of phenols is 1. The Labute approximate surface area is 86.9 Å². The second kappa shape index (κ2) is 3.04. The number of aromatic hydroxyl groups is 1. The van der Waals surface area contributed by atoms with Gasteiger partial charge < -0.3 is 14.9 Å². The summed E-state index contributed by atoms with van der Waals surface area (Å²) in [5, 5.41) is 20.1. The van der Waals surface area contributed by atoms with Crippen LogP contribution in [-0.2, 0) is 5.60 Å². The van der Waals surface area contributed by atoms with E-state index >= 15 is 0 Å². The van der Waals surface area contributed by atoms with E-state index in [1.54, 1.807) is 6.07 Å². The first-order chi connectivity index (χ1) is 6.57. The first kappa shape index (κ1) is 9.62. The van der Waals surface area contributed by atoms with E-state index in [0.29, 0.717) is 29.2 Å². The van der Waals surface area contributed by atoms with Crippen molar-refractivity contribution in [3.8, 4) is 11.5 Å². The molecule has 0 bridgehead atoms. The number of phenolic OH excluding ortho intramolecular Hbond substituents is 1. The fraction of sp³-hybridized carbons (Fsp3) is 0.400. The van der Waals surface area contributed by atoms with Gasteiger partial charge in [0, 0.05) is 16.7 Å². The Morgan fingerprint density at radius 2 is 2.07 bits per heavy atom. The molecular formula is C10H11ClO3. The molecule has 0 spiro atoms. The lowest BCUT2D eigenvalue weighted by Crippen LogP contribution is -2.05. The third-order valence-electron chi connectivity index (χ3n) is 2.48. The van der Waals surface area contributed by atoms with Crippen molar-refractivity contribution in [2.24, 2.45) is 0 Å². The van der Waals surface area contributed by atoms with Gasteiger partial charge in [0.15, 0.2) is 11.5 Å². The predicted octanol–water partition coefficient (Wildman–Crippen LogP) is 2.04. The van der Waals surface area contributed by atoms with Gasteiger partial charge in [-0.2, -0.15) is 0 Å². The van der Waals surface area contributed by atoms with Crippen LogP contribution < -0.4 is 4.74 Å². The summed E-state index contributed by atoms with van der Waals surface area (Å²) in [6.07, 6.45) is 1.31. The van der Waals surface area contributed by atoms with Crippen LogP contribution in [0.15, 0.2) is 12.1 Å². The molecule has 1 aliphatic rings. The average molecular weight is 215 g/mol. The lowest BCUT2D eigenvalue weighted by atomic mass is 10.1. The molecule has 2 N–H and O–H groups in total. The Morgan fingerprint density at radius 1 is 1.43 bits per heavy atom. The van der Waals surface area contributed by atoms with Gasteiger partial charge >= 0.3 is 0 Å². The van der Waals surface area contributed by atoms with E-state index in [9.17, 15) is 10.2 Å². The third-order valence-corrected chi connectivity index (χ3v) is 2.70. The van der Waals surface area contributed by atoms with Crippen molar-refractivity contribution in [2.45, 2.75) is 18.4 Å². The van der Waals surface area contributed by atoms with Crippen LogP contribution in [0.2, 0.25) is 5.02 Å². The smallest absolute Gasteiger partial charge is 0.163 e. The summed E-state index contributed by atoms with van der Waals surface area (Å²) in [5.41, 5.74) is -0.440. The highest BCUT2D eigenvalue weighted by molar-refractivity contribution is 6.30. The standard InChI is InChI=1S/C10H11ClO3/c1-14-8-5-6(11)4-7(9(8)12)10(13)2-3-10/h4-5,12-13H,2-3H2,1H3. The van der Waals surface area contributed by atoms with E-state index in [-0.39, 0.29) is 5.75 Å². The van der Waals surface area contributed by atoms with Crippen molar-refractivity contribution >= 4 is 11.6 Å². The lowest BCUT2D eigenvalue weighted by Gasteiger charge is -2.13. The number of aliphatic hydroxyl groups is 1. The number of halogens is 1. The largest absolute Gasteiger partial charge is 0.504 e. The van der Waals surface area contributed by atoms with Gasteiger partial charge in [0.05, 0.1) is 12.7 Å². The van der Waals surface area contributed by atoms with Crippen molar-refractivity contribution < 1.29 is 14.9 Å². The minimum absolute atomic E-state index is 0.0168. The fourth-order valence-corrected chi connectivity index (χ4v) is 1.68. The monoisotopic (exact) mass is 214 g/mol. The zero-order valence-corrected chi connectivity index (χ0v) is 8.51. The summed E-state index contributed by atoms with van der Waals surface area (Å²) in [7, 11) is 1.45. The maximum absolute atomic E-state index is 9.85. The van der Waals surface area contributed by atoms with E-state index in [1.807, 2.05) is 0 Å². The van der Waals surface area contributed by atoms with Crippen LogP contribution >= 0.6 is 11.6 Å². The van der Waals surface area contributed by atoms with Gasteiger partial charge in [-0.05, 0) is 18.9 Å². The lowest BCUT2D eigenvalue weighted by molar-refractivity contribution is 0.147. The first-order valence-electron chi connectivity index (χ1n) is 4.36. The normalized spacial score (nSPS) is 17.9. The molecule has 76 valence electrons. The quantitative estimate of drug-likeness (QED) is 0.792. The highest BCUT2D eigenvalue weighted by Crippen LogP contribution is 2.51. The molecule has 3 nitrogen and oxygen atoms in total. The first-order valence-corrected chi connectivity index (χ1v) is 4.74. The number of ether oxygens (including phenoxy) is 1. The molecule has 0 amide bonds. The van der Waals surface area contributed by atoms with Crippen molar-refractivity contribution in [2.75, 3.05) is 7.11 Å². The maximum Gasteiger partial charge on any atom is 0.163 e. The van der Waals surface area contributed by atoms with Crippen molar-refractivity contribution in [1.29, 1.82) is 0 Å². The zero-order chi connectivity index (χ0) is 10.3. The number of rotatable bonds is 2. The van der Waals surface area contributed by atoms with Crippen LogP contribution in [0.25, 0.3) is 0 Å². The molecule has 1 aliphatic carbocycles. The van der Waals surface area contributed by atoms with Crippen LogP contribution in [0.5, 0.6) is 11.5 Å². The Hall–Kier alpha value is -0.930. The van der Waals surface area contributed by atoms with Crippen molar-refractivity contribution in [3.05, 3.63) is 22.7 Å². The van der Waals surface area contributed by atoms with Crippen LogP contribution in [0.1, 0.15) is 18.4 Å². The molecule has 0 heterocycles. The van der Waals surface area contributed by atoms with Crippen LogP contribution in [-0.4, -0.2) is 17.3 Å². The van der Waals surface area contributed by atoms with Crippen LogP contribution in [0.3, 0.4) is 0 Å². The molecule has 0 aromatic heterocycles. The van der Waals surface area contributed by atoms with E-state index in [2.05, 4.69) is 0 Å². The molecular weight excluding hydrogens is 204 g/mol. The molecule has 14 heavy (non-hydrogen) atoms. The SMILES string of the molecule is COc1cc(Cl)cc(C2(O)CC2)c1O. The molecule has 1 aromatic carbocycles. The molecule has 0 saturated heterocycles. The number of hydrogen-bond acceptors (Lipinski definition) is 3. The molecule has 1 saturated carbocycles. The van der Waals surface area contributed by atoms with Crippen molar-refractivity contribution in [1.82, 2.24) is 0 Å². The number of hydrogen-bond donors (Lipinski definition) is 2. The van der Waals surface area contributed by atoms with Gasteiger partial charge in [-0.25, -0.2) is 0 Å². The highest BCUT2D eigenvalue weighted by Gasteiger charge is 2.44. The summed E-state index contributed by atoms with van der Waals surface area (Å²) in [6, 6.07) is 3.10. The molecule has 2 rings (SSSR count). The Balaban J connectivity index is 2.54. The summed E-state index contributed by atoms with van der Waals surface area (Å²) in [5.74, 6) is 0.282. The molecule has 4 heteroatoms. The Morgan fingerprint density at radius 3 is 2.57 bits per heavy atom. The summed E-state index contributed by atoms with van der Waals surface area (Å²) in [4.78, 5) is 0. The van der Waals surface area contributed by atoms with Gasteiger partial charge in [0.25, 0.3) is 0 Å². The molecule has 0 aliphatic heterocycles. The van der Waals surface area contributed by atoms with E-state index in [1.165, 1.54) is 13.2 Å². The van der Waals surface area contributed by atoms with Gasteiger partial charge in [0.1, 0.15) is 0 Å². The maximum atomic E-state index is 9.85. The third kappa shape index (κ3) is 1.42. The van der Waals surface area contributed by atoms with Crippen LogP contribution in [0.4, 0.5) is 0 Å². The van der Waals surface area contributed by atoms with Gasteiger partial charge in [0.2, 0.25) is 0 Å². The highest BCUT2D eigenvalue weighted by atomic mass is 35.5. The summed E-state index contributed by atoms with van der Waals surface area (Å²) < 4.78 is 4.94. The second-order valence-corrected chi connectivity index (χ2v) is 3.97. The molecule has 0 unspecified atom stereocenters. The van der Waals surface area contributed by atoms with E-state index in [0.717, 1.165) is 0 Å². The van der Waals surface area contributed by atoms with Gasteiger partial charge in [-0.1, -0.05) is 11.6 Å². The summed E-state index contributed by atoms with van der Waals surface area (Å²) >= 11 is 5.83. The molecule has 1 fully saturated rings. The van der Waals surface area contributed by atoms with Crippen molar-refractivity contribution in [3.63, 3.8) is 0 Å². The zero-order valence-electron chi connectivity index (χ0n) is 7.75. The van der Waals surface area contributed by atoms with E-state index in [4.69, 9.17) is 16.3 Å². The minimum atomic E-state index is -0.901. The van der Waals surface area contributed by atoms with Gasteiger partial charge in [-0.3, -0.25) is 0 Å². The average Bonchev–Trinajstić information content (AvgIpc) is 2.88. The van der Waals surface area contributed by atoms with Gasteiger partial charge in [-0.15, -0.1) is 0 Å². The van der Waals surface area contributed by atoms with Crippen LogP contribution in [0, 0.1) is 0 Å². The Kier molecular flexibility index (Phi) is 2.09. The number of benzene rings is 1. The molecule has 0 radical (unpaired) electrons.